The SMILES string of the molecule is O=C(OCC1OC(OCc2ccccc2)C(OCc2ccccc2)C(OCc2ccccc2)C1OC1OC(COCc2ccccc2)C(OCc2ccccc2)C(OCc2ccccc2)C1OCc1ccccc1)c1ccccc1. The van der Waals surface area contributed by atoms with Crippen LogP contribution in [0.4, 0.5) is 0 Å². The van der Waals surface area contributed by atoms with E-state index in [4.69, 9.17) is 52.1 Å². The zero-order valence-corrected chi connectivity index (χ0v) is 44.6. The maximum absolute atomic E-state index is 13.9. The van der Waals surface area contributed by atoms with E-state index in [2.05, 4.69) is 0 Å². The van der Waals surface area contributed by atoms with Crippen LogP contribution in [0, 0.1) is 0 Å². The number of rotatable bonds is 27. The van der Waals surface area contributed by atoms with Gasteiger partial charge in [-0.15, -0.1) is 0 Å². The summed E-state index contributed by atoms with van der Waals surface area (Å²) in [6, 6.07) is 78.4. The Hall–Kier alpha value is -7.17. The first-order valence-electron chi connectivity index (χ1n) is 27.3. The molecule has 2 saturated heterocycles. The second-order valence-corrected chi connectivity index (χ2v) is 19.8. The van der Waals surface area contributed by atoms with E-state index in [1.165, 1.54) is 0 Å². The molecule has 0 aromatic heterocycles. The van der Waals surface area contributed by atoms with Gasteiger partial charge >= 0.3 is 5.97 Å². The summed E-state index contributed by atoms with van der Waals surface area (Å²) in [6.07, 6.45) is -9.52. The lowest BCUT2D eigenvalue weighted by Gasteiger charge is -2.50. The monoisotopic (exact) mass is 1080 g/mol. The number of benzene rings is 8. The van der Waals surface area contributed by atoms with Crippen molar-refractivity contribution in [3.8, 4) is 0 Å². The van der Waals surface area contributed by atoms with Gasteiger partial charge in [-0.2, -0.15) is 0 Å². The molecule has 8 aromatic rings. The molecule has 8 aromatic carbocycles. The molecule has 10 rings (SSSR count). The summed E-state index contributed by atoms with van der Waals surface area (Å²) in [5, 5.41) is 0. The fourth-order valence-corrected chi connectivity index (χ4v) is 9.79. The first-order chi connectivity index (χ1) is 39.6. The van der Waals surface area contributed by atoms with Crippen LogP contribution in [0.2, 0.25) is 0 Å². The number of hydrogen-bond donors (Lipinski definition) is 0. The van der Waals surface area contributed by atoms with Crippen LogP contribution >= 0.6 is 0 Å². The summed E-state index contributed by atoms with van der Waals surface area (Å²) >= 11 is 0. The normalized spacial score (nSPS) is 22.8. The van der Waals surface area contributed by atoms with Crippen molar-refractivity contribution in [1.82, 2.24) is 0 Å². The Morgan fingerprint density at radius 3 is 1.01 bits per heavy atom. The molecule has 0 amide bonds. The number of carbonyl (C=O) groups is 1. The van der Waals surface area contributed by atoms with Crippen molar-refractivity contribution in [2.24, 2.45) is 0 Å². The lowest BCUT2D eigenvalue weighted by atomic mass is 9.95. The molecule has 0 aliphatic carbocycles. The molecule has 2 aliphatic rings. The molecule has 12 nitrogen and oxygen atoms in total. The number of ether oxygens (including phenoxy) is 11. The zero-order chi connectivity index (χ0) is 54.4. The van der Waals surface area contributed by atoms with Gasteiger partial charge in [0.15, 0.2) is 12.6 Å². The number of esters is 1. The molecule has 0 radical (unpaired) electrons. The van der Waals surface area contributed by atoms with E-state index in [9.17, 15) is 4.79 Å². The van der Waals surface area contributed by atoms with Crippen LogP contribution in [0.3, 0.4) is 0 Å². The van der Waals surface area contributed by atoms with Crippen molar-refractivity contribution in [2.75, 3.05) is 13.2 Å². The van der Waals surface area contributed by atoms with E-state index in [1.807, 2.05) is 218 Å². The molecule has 0 bridgehead atoms. The summed E-state index contributed by atoms with van der Waals surface area (Å²) in [5.41, 5.74) is 6.97. The maximum atomic E-state index is 13.9. The molecular formula is C68H68O12. The lowest BCUT2D eigenvalue weighted by Crippen LogP contribution is -2.66. The van der Waals surface area contributed by atoms with Crippen LogP contribution in [0.1, 0.15) is 49.3 Å². The van der Waals surface area contributed by atoms with Gasteiger partial charge in [-0.1, -0.05) is 231 Å². The highest BCUT2D eigenvalue weighted by Gasteiger charge is 2.55. The minimum Gasteiger partial charge on any atom is -0.459 e. The Labute approximate surface area is 469 Å². The van der Waals surface area contributed by atoms with E-state index < -0.39 is 67.4 Å². The summed E-state index contributed by atoms with van der Waals surface area (Å²) < 4.78 is 76.8. The Bertz CT molecular complexity index is 2980. The molecule has 80 heavy (non-hydrogen) atoms. The van der Waals surface area contributed by atoms with Crippen molar-refractivity contribution < 1.29 is 56.9 Å². The average molecular weight is 1080 g/mol. The van der Waals surface area contributed by atoms with Gasteiger partial charge in [0.2, 0.25) is 0 Å². The topological polar surface area (TPSA) is 119 Å². The van der Waals surface area contributed by atoms with Crippen molar-refractivity contribution >= 4 is 5.97 Å². The van der Waals surface area contributed by atoms with Gasteiger partial charge in [-0.25, -0.2) is 4.79 Å². The predicted octanol–water partition coefficient (Wildman–Crippen LogP) is 12.0. The summed E-state index contributed by atoms with van der Waals surface area (Å²) in [6.45, 7) is 1.31. The van der Waals surface area contributed by atoms with E-state index in [-0.39, 0.29) is 52.9 Å². The van der Waals surface area contributed by atoms with Gasteiger partial charge in [0.1, 0.15) is 55.4 Å². The van der Waals surface area contributed by atoms with Gasteiger partial charge in [0.05, 0.1) is 58.4 Å². The highest BCUT2D eigenvalue weighted by atomic mass is 16.8. The molecule has 2 fully saturated rings. The van der Waals surface area contributed by atoms with Crippen molar-refractivity contribution in [2.45, 2.75) is 108 Å². The third-order valence-corrected chi connectivity index (χ3v) is 13.9. The molecule has 12 heteroatoms. The first-order valence-corrected chi connectivity index (χ1v) is 27.3. The standard InChI is InChI=1S/C68H68O12/c69-66(57-39-23-8-24-40-57)76-49-59-61(63(73-44-53-31-15-4-16-32-53)64(74-45-54-33-17-5-18-34-54)67(78-59)77-47-56-37-21-7-22-38-56)80-68-65(75-46-55-35-19-6-20-36-55)62(72-43-52-29-13-3-14-30-52)60(71-42-51-27-11-2-12-28-51)58(79-68)48-70-41-50-25-9-1-10-26-50/h1-40,58-65,67-68H,41-49H2. The van der Waals surface area contributed by atoms with Gasteiger partial charge in [0.25, 0.3) is 0 Å². The predicted molar refractivity (Wildman–Crippen MR) is 301 cm³/mol. The summed E-state index contributed by atoms with van der Waals surface area (Å²) in [4.78, 5) is 13.9. The molecular weight excluding hydrogens is 1010 g/mol. The summed E-state index contributed by atoms with van der Waals surface area (Å²) in [7, 11) is 0. The fraction of sp³-hybridized carbons (Fsp3) is 0.279. The average Bonchev–Trinajstić information content (AvgIpc) is 3.52. The van der Waals surface area contributed by atoms with E-state index >= 15 is 0 Å². The Morgan fingerprint density at radius 1 is 0.300 bits per heavy atom. The number of carbonyl (C=O) groups excluding carboxylic acids is 1. The van der Waals surface area contributed by atoms with Crippen molar-refractivity contribution in [3.05, 3.63) is 287 Å². The second-order valence-electron chi connectivity index (χ2n) is 19.8. The quantitative estimate of drug-likeness (QED) is 0.0456. The lowest BCUT2D eigenvalue weighted by molar-refractivity contribution is -0.377. The molecule has 2 heterocycles. The van der Waals surface area contributed by atoms with Crippen LogP contribution in [0.5, 0.6) is 0 Å². The van der Waals surface area contributed by atoms with Gasteiger partial charge in [-0.3, -0.25) is 0 Å². The highest BCUT2D eigenvalue weighted by Crippen LogP contribution is 2.37. The Morgan fingerprint density at radius 2 is 0.600 bits per heavy atom. The van der Waals surface area contributed by atoms with Crippen LogP contribution in [-0.2, 0) is 98.4 Å². The third-order valence-electron chi connectivity index (χ3n) is 13.9. The Balaban J connectivity index is 1.06. The van der Waals surface area contributed by atoms with Crippen LogP contribution in [0.15, 0.2) is 243 Å². The van der Waals surface area contributed by atoms with E-state index in [0.717, 1.165) is 38.9 Å². The Kier molecular flexibility index (Phi) is 21.0. The number of hydrogen-bond acceptors (Lipinski definition) is 12. The molecule has 0 N–H and O–H groups in total. The van der Waals surface area contributed by atoms with E-state index in [1.54, 1.807) is 24.3 Å². The minimum absolute atomic E-state index is 0.0935. The molecule has 0 saturated carbocycles. The molecule has 10 unspecified atom stereocenters. The van der Waals surface area contributed by atoms with Crippen LogP contribution in [0.25, 0.3) is 0 Å². The summed E-state index contributed by atoms with van der Waals surface area (Å²) in [5.74, 6) is -0.541. The molecule has 412 valence electrons. The van der Waals surface area contributed by atoms with Gasteiger partial charge in [0, 0.05) is 0 Å². The molecule has 2 aliphatic heterocycles. The highest BCUT2D eigenvalue weighted by molar-refractivity contribution is 5.89. The van der Waals surface area contributed by atoms with Crippen LogP contribution in [-0.4, -0.2) is 80.6 Å². The first kappa shape index (κ1) is 56.1. The zero-order valence-electron chi connectivity index (χ0n) is 44.6. The molecule has 10 atom stereocenters. The van der Waals surface area contributed by atoms with Gasteiger partial charge < -0.3 is 52.1 Å². The smallest absolute Gasteiger partial charge is 0.338 e. The van der Waals surface area contributed by atoms with E-state index in [0.29, 0.717) is 12.2 Å². The largest absolute Gasteiger partial charge is 0.459 e. The second kappa shape index (κ2) is 29.9. The maximum Gasteiger partial charge on any atom is 0.338 e. The van der Waals surface area contributed by atoms with Crippen LogP contribution < -0.4 is 0 Å². The van der Waals surface area contributed by atoms with Crippen molar-refractivity contribution in [3.63, 3.8) is 0 Å². The van der Waals surface area contributed by atoms with Crippen molar-refractivity contribution in [1.29, 1.82) is 0 Å². The molecule has 0 spiro atoms. The fourth-order valence-electron chi connectivity index (χ4n) is 9.79. The third kappa shape index (κ3) is 16.2. The van der Waals surface area contributed by atoms with Gasteiger partial charge in [-0.05, 0) is 51.1 Å². The minimum atomic E-state index is -1.21.